The Bertz CT molecular complexity index is 561. The predicted octanol–water partition coefficient (Wildman–Crippen LogP) is 0.659. The fourth-order valence-electron chi connectivity index (χ4n) is 2.23. The van der Waals surface area contributed by atoms with Gasteiger partial charge in [-0.2, -0.15) is 0 Å². The fraction of sp³-hybridized carbons (Fsp3) is 0.467. The largest absolute Gasteiger partial charge is 0.508 e. The first-order valence-corrected chi connectivity index (χ1v) is 7.13. The number of nitrogens with zero attached hydrogens (tertiary/aromatic N) is 1. The van der Waals surface area contributed by atoms with Crippen molar-refractivity contribution in [2.45, 2.75) is 19.4 Å². The van der Waals surface area contributed by atoms with Crippen LogP contribution in [0.3, 0.4) is 0 Å². The molecule has 0 spiro atoms. The normalized spacial score (nSPS) is 16.9. The molecule has 2 N–H and O–H groups in total. The van der Waals surface area contributed by atoms with E-state index in [-0.39, 0.29) is 24.1 Å². The van der Waals surface area contributed by atoms with Crippen LogP contribution in [0.15, 0.2) is 18.2 Å². The molecule has 2 rings (SSSR count). The van der Waals surface area contributed by atoms with Crippen LogP contribution in [0.4, 0.5) is 5.69 Å². The van der Waals surface area contributed by atoms with Crippen molar-refractivity contribution < 1.29 is 24.2 Å². The molecule has 7 heteroatoms. The predicted molar refractivity (Wildman–Crippen MR) is 80.1 cm³/mol. The number of ether oxygens (including phenoxy) is 2. The number of benzene rings is 1. The summed E-state index contributed by atoms with van der Waals surface area (Å²) >= 11 is 0. The first kappa shape index (κ1) is 16.1. The molecule has 120 valence electrons. The molecule has 7 nitrogen and oxygen atoms in total. The van der Waals surface area contributed by atoms with Gasteiger partial charge in [0.25, 0.3) is 5.91 Å². The van der Waals surface area contributed by atoms with E-state index in [0.717, 1.165) is 0 Å². The van der Waals surface area contributed by atoms with E-state index in [9.17, 15) is 14.7 Å². The Hall–Kier alpha value is -2.28. The smallest absolute Gasteiger partial charge is 0.268 e. The number of carbonyl (C=O) groups is 2. The molecule has 1 unspecified atom stereocenters. The summed E-state index contributed by atoms with van der Waals surface area (Å²) in [5, 5.41) is 12.2. The molecule has 1 heterocycles. The molecular formula is C15H20N2O5. The van der Waals surface area contributed by atoms with Crippen molar-refractivity contribution in [1.29, 1.82) is 0 Å². The van der Waals surface area contributed by atoms with Gasteiger partial charge in [0.1, 0.15) is 18.0 Å². The molecule has 22 heavy (non-hydrogen) atoms. The third-order valence-corrected chi connectivity index (χ3v) is 3.35. The van der Waals surface area contributed by atoms with Crippen LogP contribution in [-0.2, 0) is 14.3 Å². The van der Waals surface area contributed by atoms with E-state index in [2.05, 4.69) is 5.32 Å². The fourth-order valence-corrected chi connectivity index (χ4v) is 2.23. The zero-order valence-electron chi connectivity index (χ0n) is 12.7. The maximum atomic E-state index is 12.4. The second-order valence-electron chi connectivity index (χ2n) is 4.93. The summed E-state index contributed by atoms with van der Waals surface area (Å²) < 4.78 is 10.4. The zero-order chi connectivity index (χ0) is 16.1. The van der Waals surface area contributed by atoms with Crippen LogP contribution in [0.5, 0.6) is 11.5 Å². The van der Waals surface area contributed by atoms with E-state index in [4.69, 9.17) is 9.47 Å². The number of methoxy groups -OCH3 is 1. The molecule has 0 bridgehead atoms. The van der Waals surface area contributed by atoms with E-state index in [1.165, 1.54) is 17.0 Å². The number of carbonyl (C=O) groups excluding carboxylic acids is 2. The maximum Gasteiger partial charge on any atom is 0.268 e. The number of hydrogen-bond acceptors (Lipinski definition) is 5. The molecule has 0 radical (unpaired) electrons. The van der Waals surface area contributed by atoms with Crippen molar-refractivity contribution in [3.05, 3.63) is 18.2 Å². The minimum atomic E-state index is -0.652. The number of phenols is 1. The molecule has 0 aliphatic carbocycles. The SMILES string of the molecule is CCC1Oc2cc(O)ccc2N(CC(=O)NCCOC)C1=O. The second-order valence-corrected chi connectivity index (χ2v) is 4.93. The number of nitrogens with one attached hydrogen (secondary N) is 1. The molecule has 0 saturated heterocycles. The average molecular weight is 308 g/mol. The summed E-state index contributed by atoms with van der Waals surface area (Å²) in [5.41, 5.74) is 0.481. The molecule has 1 aliphatic heterocycles. The van der Waals surface area contributed by atoms with Gasteiger partial charge in [-0.05, 0) is 18.6 Å². The molecule has 0 saturated carbocycles. The summed E-state index contributed by atoms with van der Waals surface area (Å²) in [6.45, 7) is 2.52. The highest BCUT2D eigenvalue weighted by atomic mass is 16.5. The molecule has 1 aliphatic rings. The first-order chi connectivity index (χ1) is 10.6. The number of anilines is 1. The monoisotopic (exact) mass is 308 g/mol. The van der Waals surface area contributed by atoms with Gasteiger partial charge in [0.15, 0.2) is 6.10 Å². The van der Waals surface area contributed by atoms with E-state index < -0.39 is 6.10 Å². The van der Waals surface area contributed by atoms with Gasteiger partial charge >= 0.3 is 0 Å². The quantitative estimate of drug-likeness (QED) is 0.754. The Morgan fingerprint density at radius 2 is 2.27 bits per heavy atom. The lowest BCUT2D eigenvalue weighted by molar-refractivity contribution is -0.129. The molecule has 2 amide bonds. The van der Waals surface area contributed by atoms with Gasteiger partial charge in [0.2, 0.25) is 5.91 Å². The standard InChI is InChI=1S/C15H20N2O5/c1-3-12-15(20)17(9-14(19)16-6-7-21-2)11-5-4-10(18)8-13(11)22-12/h4-5,8,12,18H,3,6-7,9H2,1-2H3,(H,16,19). The minimum Gasteiger partial charge on any atom is -0.508 e. The lowest BCUT2D eigenvalue weighted by atomic mass is 10.1. The molecular weight excluding hydrogens is 288 g/mol. The van der Waals surface area contributed by atoms with Crippen molar-refractivity contribution in [3.8, 4) is 11.5 Å². The molecule has 1 atom stereocenters. The van der Waals surface area contributed by atoms with Crippen molar-refractivity contribution in [2.75, 3.05) is 31.7 Å². The zero-order valence-corrected chi connectivity index (χ0v) is 12.7. The summed E-state index contributed by atoms with van der Waals surface area (Å²) in [6, 6.07) is 4.47. The highest BCUT2D eigenvalue weighted by molar-refractivity contribution is 6.03. The van der Waals surface area contributed by atoms with E-state index in [1.807, 2.05) is 6.92 Å². The Morgan fingerprint density at radius 1 is 1.50 bits per heavy atom. The van der Waals surface area contributed by atoms with Crippen LogP contribution in [0, 0.1) is 0 Å². The van der Waals surface area contributed by atoms with Gasteiger partial charge in [-0.15, -0.1) is 0 Å². The third-order valence-electron chi connectivity index (χ3n) is 3.35. The molecule has 0 aromatic heterocycles. The highest BCUT2D eigenvalue weighted by Crippen LogP contribution is 2.37. The maximum absolute atomic E-state index is 12.4. The molecule has 1 aromatic rings. The number of rotatable bonds is 6. The molecule has 1 aromatic carbocycles. The van der Waals surface area contributed by atoms with Crippen molar-refractivity contribution in [1.82, 2.24) is 5.32 Å². The lowest BCUT2D eigenvalue weighted by Gasteiger charge is -2.33. The van der Waals surface area contributed by atoms with Gasteiger partial charge in [0.05, 0.1) is 12.3 Å². The Balaban J connectivity index is 2.17. The first-order valence-electron chi connectivity index (χ1n) is 7.13. The van der Waals surface area contributed by atoms with Crippen molar-refractivity contribution in [3.63, 3.8) is 0 Å². The summed E-state index contributed by atoms with van der Waals surface area (Å²) in [6.07, 6.45) is -0.170. The van der Waals surface area contributed by atoms with Crippen LogP contribution >= 0.6 is 0 Å². The van der Waals surface area contributed by atoms with Crippen LogP contribution < -0.4 is 15.0 Å². The topological polar surface area (TPSA) is 88.1 Å². The van der Waals surface area contributed by atoms with Crippen LogP contribution in [0.25, 0.3) is 0 Å². The minimum absolute atomic E-state index is 0.0486. The Kier molecular flexibility index (Phi) is 5.21. The summed E-state index contributed by atoms with van der Waals surface area (Å²) in [4.78, 5) is 25.7. The van der Waals surface area contributed by atoms with E-state index >= 15 is 0 Å². The van der Waals surface area contributed by atoms with E-state index in [1.54, 1.807) is 13.2 Å². The van der Waals surface area contributed by atoms with Crippen LogP contribution in [0.1, 0.15) is 13.3 Å². The Labute approximate surface area is 128 Å². The number of amides is 2. The van der Waals surface area contributed by atoms with Gasteiger partial charge in [0, 0.05) is 19.7 Å². The van der Waals surface area contributed by atoms with Gasteiger partial charge in [-0.1, -0.05) is 6.92 Å². The highest BCUT2D eigenvalue weighted by Gasteiger charge is 2.34. The molecule has 0 fully saturated rings. The number of fused-ring (bicyclic) bond motifs is 1. The van der Waals surface area contributed by atoms with Crippen LogP contribution in [-0.4, -0.2) is 49.8 Å². The van der Waals surface area contributed by atoms with Crippen molar-refractivity contribution >= 4 is 17.5 Å². The number of phenolic OH excluding ortho intramolecular Hbond substituents is 1. The lowest BCUT2D eigenvalue weighted by Crippen LogP contribution is -2.49. The van der Waals surface area contributed by atoms with Gasteiger partial charge in [-0.3, -0.25) is 14.5 Å². The van der Waals surface area contributed by atoms with Crippen molar-refractivity contribution in [2.24, 2.45) is 0 Å². The number of hydrogen-bond donors (Lipinski definition) is 2. The summed E-state index contributed by atoms with van der Waals surface area (Å²) in [5.74, 6) is -0.0904. The second kappa shape index (κ2) is 7.13. The number of aromatic hydroxyl groups is 1. The average Bonchev–Trinajstić information content (AvgIpc) is 2.50. The van der Waals surface area contributed by atoms with Gasteiger partial charge < -0.3 is 19.9 Å². The van der Waals surface area contributed by atoms with Gasteiger partial charge in [-0.25, -0.2) is 0 Å². The van der Waals surface area contributed by atoms with Crippen LogP contribution in [0.2, 0.25) is 0 Å². The third kappa shape index (κ3) is 3.48. The summed E-state index contributed by atoms with van der Waals surface area (Å²) in [7, 11) is 1.55. The van der Waals surface area contributed by atoms with E-state index in [0.29, 0.717) is 31.0 Å². The Morgan fingerprint density at radius 3 is 2.95 bits per heavy atom.